The first-order chi connectivity index (χ1) is 27.4. The molecule has 1 aromatic heterocycles. The van der Waals surface area contributed by atoms with E-state index < -0.39 is 34.9 Å². The van der Waals surface area contributed by atoms with E-state index in [2.05, 4.69) is 32.8 Å². The third kappa shape index (κ3) is 9.94. The van der Waals surface area contributed by atoms with E-state index in [0.717, 1.165) is 55.1 Å². The second-order valence-electron chi connectivity index (χ2n) is 15.6. The van der Waals surface area contributed by atoms with Crippen molar-refractivity contribution in [1.29, 1.82) is 5.26 Å². The van der Waals surface area contributed by atoms with E-state index in [4.69, 9.17) is 17.0 Å². The lowest BCUT2D eigenvalue weighted by atomic mass is 9.78. The van der Waals surface area contributed by atoms with Gasteiger partial charge < -0.3 is 20.3 Å². The molecule has 3 aromatic rings. The molecule has 59 heavy (non-hydrogen) atoms. The molecule has 1 unspecified atom stereocenters. The summed E-state index contributed by atoms with van der Waals surface area (Å²) in [6.07, 6.45) is -0.00912. The topological polar surface area (TPSA) is 160 Å². The Morgan fingerprint density at radius 1 is 1.07 bits per heavy atom. The van der Waals surface area contributed by atoms with Crippen molar-refractivity contribution in [3.05, 3.63) is 71.5 Å². The van der Waals surface area contributed by atoms with Gasteiger partial charge in [-0.25, -0.2) is 4.98 Å². The molecule has 1 atom stereocenters. The largest absolute Gasteiger partial charge is 0.493 e. The fourth-order valence-corrected chi connectivity index (χ4v) is 8.01. The van der Waals surface area contributed by atoms with Crippen LogP contribution in [-0.4, -0.2) is 76.4 Å². The molecule has 0 spiro atoms. The molecule has 0 radical (unpaired) electrons. The number of ether oxygens (including phenoxy) is 1. The van der Waals surface area contributed by atoms with Crippen molar-refractivity contribution in [3.63, 3.8) is 0 Å². The Labute approximate surface area is 352 Å². The molecule has 314 valence electrons. The number of amides is 4. The van der Waals surface area contributed by atoms with Gasteiger partial charge in [-0.3, -0.25) is 34.3 Å². The molecule has 3 fully saturated rings. The monoisotopic (exact) mass is 854 g/mol. The quantitative estimate of drug-likeness (QED) is 0.133. The average molecular weight is 855 g/mol. The summed E-state index contributed by atoms with van der Waals surface area (Å²) in [6, 6.07) is 14.2. The molecule has 0 saturated carbocycles. The number of anilines is 4. The van der Waals surface area contributed by atoms with Gasteiger partial charge >= 0.3 is 6.18 Å². The molecular formula is C41H46ClF3N8O5S. The van der Waals surface area contributed by atoms with E-state index in [1.54, 1.807) is 49.1 Å². The SMILES string of the molecule is CCc1cc(N2C(=S)N(c3cnc(C#N)c(C(F)(F)F)c3)C(=O)C2(C)C)ccc1OCCC1(C)CCN(CC(=O)Nc2cccc(NC3CCC(=O)NC3=O)c2)CC1.Cl. The minimum absolute atomic E-state index is 0. The van der Waals surface area contributed by atoms with Gasteiger partial charge in [0.05, 0.1) is 30.6 Å². The number of hydrogen-bond acceptors (Lipinski definition) is 10. The van der Waals surface area contributed by atoms with Gasteiger partial charge in [0.2, 0.25) is 17.7 Å². The molecule has 3 aliphatic rings. The fourth-order valence-electron chi connectivity index (χ4n) is 7.49. The second-order valence-corrected chi connectivity index (χ2v) is 16.0. The highest BCUT2D eigenvalue weighted by Crippen LogP contribution is 2.41. The maximum Gasteiger partial charge on any atom is 0.419 e. The number of benzene rings is 2. The van der Waals surface area contributed by atoms with Gasteiger partial charge in [-0.1, -0.05) is 19.9 Å². The van der Waals surface area contributed by atoms with Crippen molar-refractivity contribution < 1.29 is 37.1 Å². The molecule has 4 amide bonds. The smallest absolute Gasteiger partial charge is 0.419 e. The molecular weight excluding hydrogens is 809 g/mol. The number of hydrogen-bond donors (Lipinski definition) is 3. The zero-order valence-corrected chi connectivity index (χ0v) is 34.7. The van der Waals surface area contributed by atoms with Crippen LogP contribution in [0.25, 0.3) is 0 Å². The Morgan fingerprint density at radius 2 is 1.78 bits per heavy atom. The van der Waals surface area contributed by atoms with Crippen molar-refractivity contribution in [3.8, 4) is 11.8 Å². The van der Waals surface area contributed by atoms with Crippen LogP contribution < -0.4 is 30.5 Å². The first-order valence-electron chi connectivity index (χ1n) is 19.1. The van der Waals surface area contributed by atoms with Gasteiger partial charge in [-0.15, -0.1) is 12.4 Å². The zero-order valence-electron chi connectivity index (χ0n) is 33.1. The molecule has 4 heterocycles. The second kappa shape index (κ2) is 17.9. The molecule has 3 aliphatic heterocycles. The van der Waals surface area contributed by atoms with E-state index in [9.17, 15) is 37.6 Å². The number of piperidine rings is 2. The number of imide groups is 1. The van der Waals surface area contributed by atoms with Gasteiger partial charge in [0.25, 0.3) is 5.91 Å². The Hall–Kier alpha value is -5.31. The summed E-state index contributed by atoms with van der Waals surface area (Å²) in [7, 11) is 0. The number of aromatic nitrogens is 1. The summed E-state index contributed by atoms with van der Waals surface area (Å²) in [5, 5.41) is 17.6. The number of aryl methyl sites for hydroxylation is 1. The maximum absolute atomic E-state index is 13.7. The molecule has 18 heteroatoms. The van der Waals surface area contributed by atoms with Gasteiger partial charge in [0.15, 0.2) is 10.8 Å². The summed E-state index contributed by atoms with van der Waals surface area (Å²) in [5.74, 6) is -0.652. The summed E-state index contributed by atoms with van der Waals surface area (Å²) < 4.78 is 47.5. The number of likely N-dealkylation sites (tertiary alicyclic amines) is 1. The van der Waals surface area contributed by atoms with Crippen LogP contribution in [0.2, 0.25) is 0 Å². The third-order valence-corrected chi connectivity index (χ3v) is 11.4. The summed E-state index contributed by atoms with van der Waals surface area (Å²) >= 11 is 5.69. The number of pyridine rings is 1. The number of nitriles is 1. The number of carbonyl (C=O) groups excluding carboxylic acids is 4. The van der Waals surface area contributed by atoms with Crippen molar-refractivity contribution in [1.82, 2.24) is 15.2 Å². The number of carbonyl (C=O) groups is 4. The number of nitrogens with one attached hydrogen (secondary N) is 3. The third-order valence-electron chi connectivity index (χ3n) is 11.0. The molecule has 0 bridgehead atoms. The lowest BCUT2D eigenvalue weighted by Crippen LogP contribution is -2.47. The van der Waals surface area contributed by atoms with Crippen LogP contribution in [0.4, 0.5) is 35.9 Å². The summed E-state index contributed by atoms with van der Waals surface area (Å²) in [4.78, 5) is 58.7. The summed E-state index contributed by atoms with van der Waals surface area (Å²) in [5.41, 5.74) is -0.765. The number of thiocarbonyl (C=S) groups is 1. The van der Waals surface area contributed by atoms with E-state index in [-0.39, 0.29) is 59.3 Å². The first kappa shape index (κ1) is 44.8. The lowest BCUT2D eigenvalue weighted by molar-refractivity contribution is -0.138. The Morgan fingerprint density at radius 3 is 2.44 bits per heavy atom. The Balaban J connectivity index is 0.00000661. The van der Waals surface area contributed by atoms with Gasteiger partial charge in [0, 0.05) is 23.5 Å². The van der Waals surface area contributed by atoms with Crippen LogP contribution in [-0.2, 0) is 31.8 Å². The van der Waals surface area contributed by atoms with E-state index in [1.165, 1.54) is 6.07 Å². The Bertz CT molecular complexity index is 2170. The maximum atomic E-state index is 13.7. The normalized spacial score (nSPS) is 19.1. The number of alkyl halides is 3. The van der Waals surface area contributed by atoms with Crippen LogP contribution in [0.15, 0.2) is 54.7 Å². The number of nitrogens with zero attached hydrogens (tertiary/aromatic N) is 5. The summed E-state index contributed by atoms with van der Waals surface area (Å²) in [6.45, 7) is 9.66. The Kier molecular flexibility index (Phi) is 13.6. The van der Waals surface area contributed by atoms with E-state index in [1.807, 2.05) is 19.1 Å². The minimum atomic E-state index is -4.86. The van der Waals surface area contributed by atoms with Crippen molar-refractivity contribution >= 4 is 76.1 Å². The predicted molar refractivity (Wildman–Crippen MR) is 222 cm³/mol. The molecule has 2 aromatic carbocycles. The van der Waals surface area contributed by atoms with Crippen LogP contribution in [0.1, 0.15) is 76.6 Å². The lowest BCUT2D eigenvalue weighted by Gasteiger charge is -2.39. The van der Waals surface area contributed by atoms with Crippen molar-refractivity contribution in [2.75, 3.05) is 46.7 Å². The van der Waals surface area contributed by atoms with Gasteiger partial charge in [-0.05, 0) is 125 Å². The van der Waals surface area contributed by atoms with E-state index in [0.29, 0.717) is 42.3 Å². The van der Waals surface area contributed by atoms with Crippen LogP contribution in [0, 0.1) is 16.7 Å². The zero-order chi connectivity index (χ0) is 42.0. The first-order valence-corrected chi connectivity index (χ1v) is 19.5. The fraction of sp³-hybridized carbons (Fsp3) is 0.439. The molecule has 6 rings (SSSR count). The molecule has 13 nitrogen and oxygen atoms in total. The van der Waals surface area contributed by atoms with E-state index >= 15 is 0 Å². The van der Waals surface area contributed by atoms with Crippen LogP contribution >= 0.6 is 24.6 Å². The average Bonchev–Trinajstić information content (AvgIpc) is 3.35. The standard InChI is InChI=1S/C41H45F3N8O5S.ClH/c1-5-25-19-28(52-38(58)51(37(56)39(52,2)3)29-21-30(41(42,43)44)32(22-45)46-23-29)9-11-33(25)57-18-15-40(4)13-16-50(17-14-40)24-35(54)48-27-8-6-7-26(20-27)47-31-10-12-34(53)49-36(31)55;/h6-9,11,19-21,23,31,47H,5,10,12-18,24H2,1-4H3,(H,48,54)(H,49,53,55);1H. The van der Waals surface area contributed by atoms with Crippen LogP contribution in [0.5, 0.6) is 5.75 Å². The van der Waals surface area contributed by atoms with Gasteiger partial charge in [0.1, 0.15) is 23.4 Å². The number of rotatable bonds is 12. The molecule has 3 N–H and O–H groups in total. The van der Waals surface area contributed by atoms with Crippen LogP contribution in [0.3, 0.4) is 0 Å². The molecule has 0 aliphatic carbocycles. The van der Waals surface area contributed by atoms with Crippen molar-refractivity contribution in [2.45, 2.75) is 84.0 Å². The highest BCUT2D eigenvalue weighted by atomic mass is 35.5. The highest BCUT2D eigenvalue weighted by molar-refractivity contribution is 7.81. The van der Waals surface area contributed by atoms with Crippen molar-refractivity contribution in [2.24, 2.45) is 5.41 Å². The predicted octanol–water partition coefficient (Wildman–Crippen LogP) is 6.60. The molecule has 3 saturated heterocycles. The number of halogens is 4. The van der Waals surface area contributed by atoms with Gasteiger partial charge in [-0.2, -0.15) is 18.4 Å². The highest BCUT2D eigenvalue weighted by Gasteiger charge is 2.51. The minimum Gasteiger partial charge on any atom is -0.493 e.